The number of aliphatic hydroxyl groups excluding tert-OH is 1. The molecule has 1 heterocycles. The number of rotatable bonds is 11. The highest BCUT2D eigenvalue weighted by atomic mass is 16.7. The molecule has 0 saturated carbocycles. The van der Waals surface area contributed by atoms with Gasteiger partial charge in [0.25, 0.3) is 0 Å². The highest BCUT2D eigenvalue weighted by molar-refractivity contribution is 5.91. The zero-order chi connectivity index (χ0) is 30.8. The van der Waals surface area contributed by atoms with Crippen LogP contribution < -0.4 is 0 Å². The largest absolute Gasteiger partial charge is 0.459 e. The van der Waals surface area contributed by atoms with Crippen LogP contribution >= 0.6 is 0 Å². The van der Waals surface area contributed by atoms with E-state index in [-0.39, 0.29) is 35.3 Å². The van der Waals surface area contributed by atoms with Crippen LogP contribution in [0.5, 0.6) is 0 Å². The average molecular weight is 591 g/mol. The third-order valence-corrected chi connectivity index (χ3v) is 6.45. The molecule has 4 rings (SSSR count). The predicted octanol–water partition coefficient (Wildman–Crippen LogP) is 3.29. The van der Waals surface area contributed by atoms with E-state index >= 15 is 0 Å². The van der Waals surface area contributed by atoms with Gasteiger partial charge in [-0.25, -0.2) is 14.4 Å². The molecule has 224 valence electrons. The molecule has 1 N–H and O–H groups in total. The van der Waals surface area contributed by atoms with E-state index in [4.69, 9.17) is 23.7 Å². The lowest BCUT2D eigenvalue weighted by Crippen LogP contribution is -2.62. The van der Waals surface area contributed by atoms with Crippen LogP contribution in [0.25, 0.3) is 0 Å². The van der Waals surface area contributed by atoms with Crippen molar-refractivity contribution in [3.63, 3.8) is 0 Å². The topological polar surface area (TPSA) is 152 Å². The number of hydrogen-bond acceptors (Lipinski definition) is 11. The van der Waals surface area contributed by atoms with E-state index in [9.17, 15) is 29.1 Å². The van der Waals surface area contributed by atoms with Crippen LogP contribution in [0.1, 0.15) is 50.8 Å². The van der Waals surface area contributed by atoms with E-state index in [0.29, 0.717) is 0 Å². The number of carbonyl (C=O) groups is 5. The van der Waals surface area contributed by atoms with Crippen molar-refractivity contribution in [1.29, 1.82) is 0 Å². The summed E-state index contributed by atoms with van der Waals surface area (Å²) in [7, 11) is 0. The average Bonchev–Trinajstić information content (AvgIpc) is 3.03. The summed E-state index contributed by atoms with van der Waals surface area (Å²) in [6, 6.07) is 23.8. The summed E-state index contributed by atoms with van der Waals surface area (Å²) >= 11 is 0. The van der Waals surface area contributed by atoms with Gasteiger partial charge in [0.15, 0.2) is 24.6 Å². The van der Waals surface area contributed by atoms with Crippen molar-refractivity contribution in [3.8, 4) is 0 Å². The van der Waals surface area contributed by atoms with E-state index in [0.717, 1.165) is 0 Å². The summed E-state index contributed by atoms with van der Waals surface area (Å²) in [5.41, 5.74) is 0.498. The lowest BCUT2D eigenvalue weighted by molar-refractivity contribution is -0.288. The molecule has 0 amide bonds. The van der Waals surface area contributed by atoms with Gasteiger partial charge in [0.2, 0.25) is 0 Å². The number of carbonyl (C=O) groups excluding carboxylic acids is 5. The van der Waals surface area contributed by atoms with Crippen molar-refractivity contribution in [1.82, 2.24) is 0 Å². The van der Waals surface area contributed by atoms with Gasteiger partial charge in [0, 0.05) is 6.42 Å². The molecule has 3 aromatic rings. The van der Waals surface area contributed by atoms with Gasteiger partial charge in [-0.05, 0) is 43.3 Å². The quantitative estimate of drug-likeness (QED) is 0.259. The zero-order valence-electron chi connectivity index (χ0n) is 23.2. The third-order valence-electron chi connectivity index (χ3n) is 6.45. The molecule has 1 aliphatic heterocycles. The number of aliphatic hydroxyl groups is 1. The minimum atomic E-state index is -1.88. The Hall–Kier alpha value is -4.87. The fourth-order valence-corrected chi connectivity index (χ4v) is 4.27. The van der Waals surface area contributed by atoms with Crippen LogP contribution in [0.4, 0.5) is 0 Å². The number of esters is 4. The molecule has 11 nitrogen and oxygen atoms in total. The summed E-state index contributed by atoms with van der Waals surface area (Å²) in [6.07, 6.45) is -8.45. The molecule has 43 heavy (non-hydrogen) atoms. The van der Waals surface area contributed by atoms with Crippen molar-refractivity contribution in [2.45, 2.75) is 50.5 Å². The molecule has 1 fully saturated rings. The summed E-state index contributed by atoms with van der Waals surface area (Å²) in [6.45, 7) is 0.775. The molecule has 0 spiro atoms. The highest BCUT2D eigenvalue weighted by Gasteiger charge is 2.52. The van der Waals surface area contributed by atoms with Gasteiger partial charge in [-0.2, -0.15) is 0 Å². The Kier molecular flexibility index (Phi) is 10.7. The maximum atomic E-state index is 13.2. The normalized spacial score (nSPS) is 21.2. The second kappa shape index (κ2) is 14.9. The number of ether oxygens (including phenoxy) is 5. The molecule has 0 radical (unpaired) electrons. The fraction of sp³-hybridized carbons (Fsp3) is 0.281. The van der Waals surface area contributed by atoms with Crippen LogP contribution in [0.2, 0.25) is 0 Å². The van der Waals surface area contributed by atoms with Crippen molar-refractivity contribution >= 4 is 29.7 Å². The molecule has 0 aromatic heterocycles. The van der Waals surface area contributed by atoms with Gasteiger partial charge in [-0.1, -0.05) is 54.6 Å². The number of Topliss-reactive ketones (excluding diaryl/α,β-unsaturated/α-hetero) is 1. The molecular formula is C32H30O11. The first-order valence-corrected chi connectivity index (χ1v) is 13.5. The Bertz CT molecular complexity index is 1410. The van der Waals surface area contributed by atoms with E-state index in [1.807, 2.05) is 0 Å². The Morgan fingerprint density at radius 1 is 0.628 bits per heavy atom. The Labute approximate surface area is 247 Å². The van der Waals surface area contributed by atoms with Crippen LogP contribution in [-0.2, 0) is 33.3 Å². The van der Waals surface area contributed by atoms with Crippen LogP contribution in [-0.4, -0.2) is 72.1 Å². The van der Waals surface area contributed by atoms with Crippen molar-refractivity contribution in [2.75, 3.05) is 6.61 Å². The monoisotopic (exact) mass is 590 g/mol. The molecular weight excluding hydrogens is 560 g/mol. The van der Waals surface area contributed by atoms with Gasteiger partial charge in [0.1, 0.15) is 18.5 Å². The molecule has 0 unspecified atom stereocenters. The van der Waals surface area contributed by atoms with Crippen molar-refractivity contribution in [2.24, 2.45) is 0 Å². The molecule has 0 aliphatic carbocycles. The first-order valence-electron chi connectivity index (χ1n) is 13.5. The Morgan fingerprint density at radius 2 is 1.09 bits per heavy atom. The number of ketones is 1. The van der Waals surface area contributed by atoms with E-state index < -0.39 is 61.2 Å². The van der Waals surface area contributed by atoms with Crippen molar-refractivity contribution in [3.05, 3.63) is 108 Å². The second-order valence-corrected chi connectivity index (χ2v) is 9.66. The maximum absolute atomic E-state index is 13.2. The molecule has 0 bridgehead atoms. The van der Waals surface area contributed by atoms with Gasteiger partial charge in [0.05, 0.1) is 23.1 Å². The van der Waals surface area contributed by atoms with E-state index in [2.05, 4.69) is 0 Å². The SMILES string of the molecule is CC(=O)CCC(=O)O[C@@H]1[C@H](OC(=O)c2ccccc2)[C@@H](OC(=O)c2ccccc2)[C@H](O)O[C@@H]1COC(=O)c1ccccc1. The molecule has 5 atom stereocenters. The smallest absolute Gasteiger partial charge is 0.338 e. The first-order chi connectivity index (χ1) is 20.7. The standard InChI is InChI=1S/C32H30O11/c1-20(33)17-18-25(34)41-26-24(19-39-29(35)21-11-5-2-6-12-21)40-32(38)28(43-31(37)23-15-9-4-10-16-23)27(26)42-30(36)22-13-7-3-8-14-22/h2-16,24,26-28,32,38H,17-19H2,1H3/t24-,26+,27+,28-,32-/m1/s1. The van der Waals surface area contributed by atoms with Gasteiger partial charge >= 0.3 is 23.9 Å². The molecule has 3 aromatic carbocycles. The molecule has 11 heteroatoms. The maximum Gasteiger partial charge on any atom is 0.338 e. The Balaban J connectivity index is 1.65. The number of benzene rings is 3. The van der Waals surface area contributed by atoms with E-state index in [1.165, 1.54) is 43.3 Å². The highest BCUT2D eigenvalue weighted by Crippen LogP contribution is 2.30. The van der Waals surface area contributed by atoms with E-state index in [1.54, 1.807) is 54.6 Å². The Morgan fingerprint density at radius 3 is 1.58 bits per heavy atom. The van der Waals surface area contributed by atoms with Crippen LogP contribution in [0.15, 0.2) is 91.0 Å². The van der Waals surface area contributed by atoms with Crippen LogP contribution in [0, 0.1) is 0 Å². The first kappa shape index (κ1) is 31.1. The lowest BCUT2D eigenvalue weighted by Gasteiger charge is -2.42. The second-order valence-electron chi connectivity index (χ2n) is 9.66. The summed E-state index contributed by atoms with van der Waals surface area (Å²) in [5.74, 6) is -3.58. The molecule has 1 saturated heterocycles. The summed E-state index contributed by atoms with van der Waals surface area (Å²) in [4.78, 5) is 63.1. The van der Waals surface area contributed by atoms with Gasteiger partial charge < -0.3 is 33.6 Å². The van der Waals surface area contributed by atoms with Gasteiger partial charge in [-0.3, -0.25) is 4.79 Å². The lowest BCUT2D eigenvalue weighted by atomic mass is 9.97. The minimum absolute atomic E-state index is 0.121. The predicted molar refractivity (Wildman–Crippen MR) is 149 cm³/mol. The zero-order valence-corrected chi connectivity index (χ0v) is 23.2. The fourth-order valence-electron chi connectivity index (χ4n) is 4.27. The summed E-state index contributed by atoms with van der Waals surface area (Å²) < 4.78 is 27.9. The van der Waals surface area contributed by atoms with Crippen LogP contribution in [0.3, 0.4) is 0 Å². The molecule has 1 aliphatic rings. The van der Waals surface area contributed by atoms with Gasteiger partial charge in [-0.15, -0.1) is 0 Å². The third kappa shape index (κ3) is 8.57. The summed E-state index contributed by atoms with van der Waals surface area (Å²) in [5, 5.41) is 11.0. The van der Waals surface area contributed by atoms with Crippen molar-refractivity contribution < 1.29 is 52.8 Å². The number of hydrogen-bond donors (Lipinski definition) is 1. The minimum Gasteiger partial charge on any atom is -0.459 e.